The van der Waals surface area contributed by atoms with Crippen LogP contribution in [0.1, 0.15) is 21.5 Å². The fraction of sp³-hybridized carbons (Fsp3) is 0.133. The molecule has 1 amide bonds. The van der Waals surface area contributed by atoms with Crippen molar-refractivity contribution < 1.29 is 23.8 Å². The zero-order valence-corrected chi connectivity index (χ0v) is 10.8. The van der Waals surface area contributed by atoms with Crippen LogP contribution in [0.3, 0.4) is 0 Å². The molecule has 0 spiro atoms. The van der Waals surface area contributed by atoms with E-state index in [0.717, 1.165) is 12.1 Å². The lowest BCUT2D eigenvalue weighted by atomic mass is 10.1. The largest absolute Gasteiger partial charge is 0.504 e. The van der Waals surface area contributed by atoms with Crippen LogP contribution < -0.4 is 0 Å². The Hall–Kier alpha value is -2.63. The molecular weight excluding hydrogens is 280 g/mol. The summed E-state index contributed by atoms with van der Waals surface area (Å²) in [6, 6.07) is 6.26. The zero-order valence-electron chi connectivity index (χ0n) is 10.8. The minimum atomic E-state index is -0.731. The van der Waals surface area contributed by atoms with Gasteiger partial charge in [0.05, 0.1) is 12.1 Å². The lowest BCUT2D eigenvalue weighted by Gasteiger charge is -2.16. The molecule has 2 N–H and O–H groups in total. The van der Waals surface area contributed by atoms with E-state index in [1.165, 1.54) is 23.1 Å². The summed E-state index contributed by atoms with van der Waals surface area (Å²) in [6.45, 7) is -0.123. The first kappa shape index (κ1) is 13.4. The van der Waals surface area contributed by atoms with Crippen molar-refractivity contribution in [3.05, 3.63) is 58.7 Å². The number of rotatable bonds is 2. The molecule has 1 aliphatic heterocycles. The van der Waals surface area contributed by atoms with E-state index in [9.17, 15) is 23.8 Å². The van der Waals surface area contributed by atoms with Gasteiger partial charge in [0, 0.05) is 12.1 Å². The third kappa shape index (κ3) is 2.08. The number of fused-ring (bicyclic) bond motifs is 1. The number of hydrogen-bond donors (Lipinski definition) is 2. The van der Waals surface area contributed by atoms with Gasteiger partial charge in [0.15, 0.2) is 11.5 Å². The van der Waals surface area contributed by atoms with E-state index >= 15 is 0 Å². The minimum absolute atomic E-state index is 0.0215. The van der Waals surface area contributed by atoms with E-state index in [-0.39, 0.29) is 24.2 Å². The van der Waals surface area contributed by atoms with E-state index in [2.05, 4.69) is 0 Å². The van der Waals surface area contributed by atoms with Gasteiger partial charge in [0.1, 0.15) is 11.6 Å². The average Bonchev–Trinajstić information content (AvgIpc) is 2.76. The maximum atomic E-state index is 13.6. The molecule has 1 aliphatic rings. The van der Waals surface area contributed by atoms with Crippen molar-refractivity contribution in [2.24, 2.45) is 0 Å². The van der Waals surface area contributed by atoms with E-state index in [1.807, 2.05) is 0 Å². The first-order chi connectivity index (χ1) is 9.99. The Bertz CT molecular complexity index is 726. The smallest absolute Gasteiger partial charge is 0.258 e. The van der Waals surface area contributed by atoms with Gasteiger partial charge in [-0.1, -0.05) is 12.1 Å². The predicted molar refractivity (Wildman–Crippen MR) is 69.7 cm³/mol. The third-order valence-electron chi connectivity index (χ3n) is 3.52. The second kappa shape index (κ2) is 4.73. The average molecular weight is 291 g/mol. The van der Waals surface area contributed by atoms with Crippen molar-refractivity contribution >= 4 is 5.91 Å². The summed E-state index contributed by atoms with van der Waals surface area (Å²) in [5.41, 5.74) is 0.279. The molecule has 6 heteroatoms. The van der Waals surface area contributed by atoms with Crippen LogP contribution in [0, 0.1) is 11.6 Å². The number of hydrogen-bond acceptors (Lipinski definition) is 3. The second-order valence-corrected chi connectivity index (χ2v) is 4.83. The van der Waals surface area contributed by atoms with E-state index in [0.29, 0.717) is 5.56 Å². The molecule has 0 saturated carbocycles. The lowest BCUT2D eigenvalue weighted by Crippen LogP contribution is -2.24. The van der Waals surface area contributed by atoms with Crippen LogP contribution in [0.4, 0.5) is 8.78 Å². The highest BCUT2D eigenvalue weighted by molar-refractivity contribution is 6.01. The molecule has 108 valence electrons. The summed E-state index contributed by atoms with van der Waals surface area (Å²) in [5, 5.41) is 19.2. The molecule has 0 unspecified atom stereocenters. The number of phenolic OH excluding ortho intramolecular Hbond substituents is 2. The van der Waals surface area contributed by atoms with Gasteiger partial charge in [-0.05, 0) is 23.8 Å². The maximum absolute atomic E-state index is 13.6. The molecule has 21 heavy (non-hydrogen) atoms. The zero-order chi connectivity index (χ0) is 15.1. The normalized spacial score (nSPS) is 13.6. The summed E-state index contributed by atoms with van der Waals surface area (Å²) in [4.78, 5) is 13.4. The van der Waals surface area contributed by atoms with Gasteiger partial charge in [-0.2, -0.15) is 0 Å². The van der Waals surface area contributed by atoms with Crippen molar-refractivity contribution in [3.8, 4) is 11.5 Å². The quantitative estimate of drug-likeness (QED) is 0.836. The number of aromatic hydroxyl groups is 2. The van der Waals surface area contributed by atoms with Crippen LogP contribution in [-0.2, 0) is 13.1 Å². The highest BCUT2D eigenvalue weighted by Gasteiger charge is 2.32. The van der Waals surface area contributed by atoms with Crippen LogP contribution in [0.2, 0.25) is 0 Å². The Labute approximate surface area is 118 Å². The van der Waals surface area contributed by atoms with E-state index in [4.69, 9.17) is 0 Å². The molecule has 1 heterocycles. The monoisotopic (exact) mass is 291 g/mol. The Morgan fingerprint density at radius 3 is 2.43 bits per heavy atom. The molecule has 0 aliphatic carbocycles. The summed E-state index contributed by atoms with van der Waals surface area (Å²) in [5.74, 6) is -2.94. The second-order valence-electron chi connectivity index (χ2n) is 4.83. The van der Waals surface area contributed by atoms with E-state index < -0.39 is 29.0 Å². The van der Waals surface area contributed by atoms with Gasteiger partial charge in [-0.15, -0.1) is 0 Å². The van der Waals surface area contributed by atoms with Crippen molar-refractivity contribution in [1.82, 2.24) is 4.90 Å². The highest BCUT2D eigenvalue weighted by Crippen LogP contribution is 2.37. The van der Waals surface area contributed by atoms with Crippen LogP contribution in [0.5, 0.6) is 11.5 Å². The number of amides is 1. The third-order valence-corrected chi connectivity index (χ3v) is 3.52. The molecule has 0 bridgehead atoms. The van der Waals surface area contributed by atoms with Gasteiger partial charge >= 0.3 is 0 Å². The van der Waals surface area contributed by atoms with Crippen LogP contribution in [-0.4, -0.2) is 21.0 Å². The maximum Gasteiger partial charge on any atom is 0.258 e. The van der Waals surface area contributed by atoms with Gasteiger partial charge in [-0.25, -0.2) is 8.78 Å². The molecule has 3 rings (SSSR count). The fourth-order valence-corrected chi connectivity index (χ4v) is 2.43. The van der Waals surface area contributed by atoms with E-state index in [1.54, 1.807) is 0 Å². The lowest BCUT2D eigenvalue weighted by molar-refractivity contribution is 0.0761. The number of nitrogens with zero attached hydrogens (tertiary/aromatic N) is 1. The molecule has 0 atom stereocenters. The molecule has 2 aromatic rings. The first-order valence-corrected chi connectivity index (χ1v) is 6.25. The summed E-state index contributed by atoms with van der Waals surface area (Å²) < 4.78 is 27.3. The van der Waals surface area contributed by atoms with Gasteiger partial charge < -0.3 is 15.1 Å². The first-order valence-electron chi connectivity index (χ1n) is 6.25. The molecule has 4 nitrogen and oxygen atoms in total. The number of carbonyl (C=O) groups is 1. The van der Waals surface area contributed by atoms with Crippen molar-refractivity contribution in [2.45, 2.75) is 13.1 Å². The summed E-state index contributed by atoms with van der Waals surface area (Å²) in [7, 11) is 0. The van der Waals surface area contributed by atoms with Crippen molar-refractivity contribution in [2.75, 3.05) is 0 Å². The topological polar surface area (TPSA) is 60.8 Å². The highest BCUT2D eigenvalue weighted by atomic mass is 19.1. The molecule has 2 aromatic carbocycles. The predicted octanol–water partition coefficient (Wildman–Crippen LogP) is 2.53. The standard InChI is InChI=1S/C15H11F2NO3/c16-10-2-1-3-11(17)9(10)7-18-6-8-4-5-12(19)14(20)13(8)15(18)21/h1-5,19-20H,6-7H2. The Balaban J connectivity index is 1.94. The number of carbonyl (C=O) groups excluding carboxylic acids is 1. The summed E-state index contributed by atoms with van der Waals surface area (Å²) >= 11 is 0. The van der Waals surface area contributed by atoms with Crippen LogP contribution in [0.15, 0.2) is 30.3 Å². The Morgan fingerprint density at radius 2 is 1.76 bits per heavy atom. The molecule has 0 aromatic heterocycles. The minimum Gasteiger partial charge on any atom is -0.504 e. The molecule has 0 saturated heterocycles. The van der Waals surface area contributed by atoms with Crippen molar-refractivity contribution in [1.29, 1.82) is 0 Å². The van der Waals surface area contributed by atoms with Crippen molar-refractivity contribution in [3.63, 3.8) is 0 Å². The Kier molecular flexibility index (Phi) is 3.01. The number of phenols is 2. The fourth-order valence-electron chi connectivity index (χ4n) is 2.43. The van der Waals surface area contributed by atoms with Crippen LogP contribution >= 0.6 is 0 Å². The molecular formula is C15H11F2NO3. The number of benzene rings is 2. The van der Waals surface area contributed by atoms with Gasteiger partial charge in [0.2, 0.25) is 0 Å². The van der Waals surface area contributed by atoms with Gasteiger partial charge in [-0.3, -0.25) is 4.79 Å². The van der Waals surface area contributed by atoms with Crippen LogP contribution in [0.25, 0.3) is 0 Å². The summed E-state index contributed by atoms with van der Waals surface area (Å²) in [6.07, 6.45) is 0. The Morgan fingerprint density at radius 1 is 1.10 bits per heavy atom. The molecule has 0 fully saturated rings. The SMILES string of the molecule is O=C1c2c(ccc(O)c2O)CN1Cc1c(F)cccc1F. The number of halogens is 2. The van der Waals surface area contributed by atoms with Gasteiger partial charge in [0.25, 0.3) is 5.91 Å². The molecule has 0 radical (unpaired) electrons.